The fourth-order valence-electron chi connectivity index (χ4n) is 2.78. The topological polar surface area (TPSA) is 43.8 Å². The molecule has 1 heterocycles. The van der Waals surface area contributed by atoms with Crippen molar-refractivity contribution >= 4 is 5.91 Å². The first kappa shape index (κ1) is 13.9. The fourth-order valence-corrected chi connectivity index (χ4v) is 2.78. The summed E-state index contributed by atoms with van der Waals surface area (Å²) in [6.45, 7) is 5.03. The van der Waals surface area contributed by atoms with E-state index in [4.69, 9.17) is 0 Å². The predicted octanol–water partition coefficient (Wildman–Crippen LogP) is 1.95. The molecular weight excluding hydrogens is 240 g/mol. The van der Waals surface area contributed by atoms with Gasteiger partial charge in [-0.1, -0.05) is 19.1 Å². The van der Waals surface area contributed by atoms with Crippen molar-refractivity contribution < 1.29 is 9.90 Å². The van der Waals surface area contributed by atoms with E-state index in [1.54, 1.807) is 36.2 Å². The average Bonchev–Trinajstić information content (AvgIpc) is 2.85. The molecule has 1 N–H and O–H groups in total. The van der Waals surface area contributed by atoms with E-state index in [0.717, 1.165) is 26.1 Å². The minimum atomic E-state index is -0.110. The van der Waals surface area contributed by atoms with Crippen LogP contribution in [-0.4, -0.2) is 53.5 Å². The van der Waals surface area contributed by atoms with Crippen molar-refractivity contribution in [3.8, 4) is 5.75 Å². The van der Waals surface area contributed by atoms with Crippen molar-refractivity contribution in [3.05, 3.63) is 29.8 Å². The van der Waals surface area contributed by atoms with E-state index in [0.29, 0.717) is 11.6 Å². The number of hydrogen-bond acceptors (Lipinski definition) is 3. The maximum absolute atomic E-state index is 12.3. The van der Waals surface area contributed by atoms with Gasteiger partial charge in [0.2, 0.25) is 0 Å². The third kappa shape index (κ3) is 3.07. The quantitative estimate of drug-likeness (QED) is 0.902. The van der Waals surface area contributed by atoms with E-state index >= 15 is 0 Å². The molecule has 0 aliphatic carbocycles. The van der Waals surface area contributed by atoms with Crippen LogP contribution in [0, 0.1) is 0 Å². The zero-order valence-electron chi connectivity index (χ0n) is 11.7. The molecule has 1 saturated heterocycles. The molecule has 0 bridgehead atoms. The Labute approximate surface area is 114 Å². The molecule has 104 valence electrons. The van der Waals surface area contributed by atoms with E-state index in [2.05, 4.69) is 11.8 Å². The highest BCUT2D eigenvalue weighted by Gasteiger charge is 2.26. The fraction of sp³-hybridized carbons (Fsp3) is 0.533. The Kier molecular flexibility index (Phi) is 4.43. The number of carbonyl (C=O) groups is 1. The monoisotopic (exact) mass is 262 g/mol. The van der Waals surface area contributed by atoms with Crippen molar-refractivity contribution in [1.82, 2.24) is 9.80 Å². The van der Waals surface area contributed by atoms with Crippen LogP contribution in [0.1, 0.15) is 30.1 Å². The summed E-state index contributed by atoms with van der Waals surface area (Å²) in [7, 11) is 1.81. The number of aromatic hydroxyl groups is 1. The number of amides is 1. The Morgan fingerprint density at radius 3 is 2.89 bits per heavy atom. The second-order valence-corrected chi connectivity index (χ2v) is 5.13. The minimum absolute atomic E-state index is 0.0538. The van der Waals surface area contributed by atoms with Gasteiger partial charge in [-0.3, -0.25) is 9.69 Å². The van der Waals surface area contributed by atoms with E-state index in [1.807, 2.05) is 0 Å². The van der Waals surface area contributed by atoms with Crippen LogP contribution in [0.3, 0.4) is 0 Å². The van der Waals surface area contributed by atoms with Gasteiger partial charge < -0.3 is 10.0 Å². The molecule has 1 aliphatic rings. The minimum Gasteiger partial charge on any atom is -0.507 e. The first-order valence-corrected chi connectivity index (χ1v) is 6.91. The smallest absolute Gasteiger partial charge is 0.257 e. The first-order valence-electron chi connectivity index (χ1n) is 6.91. The lowest BCUT2D eigenvalue weighted by Gasteiger charge is -2.27. The zero-order chi connectivity index (χ0) is 13.8. The van der Waals surface area contributed by atoms with Gasteiger partial charge in [-0.2, -0.15) is 0 Å². The highest BCUT2D eigenvalue weighted by molar-refractivity contribution is 5.96. The molecule has 0 radical (unpaired) electrons. The van der Waals surface area contributed by atoms with Crippen molar-refractivity contribution in [2.24, 2.45) is 0 Å². The van der Waals surface area contributed by atoms with Crippen molar-refractivity contribution in [2.45, 2.75) is 25.8 Å². The van der Waals surface area contributed by atoms with Crippen LogP contribution in [0.4, 0.5) is 0 Å². The van der Waals surface area contributed by atoms with E-state index in [-0.39, 0.29) is 11.7 Å². The summed E-state index contributed by atoms with van der Waals surface area (Å²) < 4.78 is 0. The van der Waals surface area contributed by atoms with Crippen LogP contribution < -0.4 is 0 Å². The summed E-state index contributed by atoms with van der Waals surface area (Å²) in [4.78, 5) is 16.4. The van der Waals surface area contributed by atoms with Gasteiger partial charge in [-0.25, -0.2) is 0 Å². The van der Waals surface area contributed by atoms with Crippen molar-refractivity contribution in [2.75, 3.05) is 26.7 Å². The Balaban J connectivity index is 2.02. The number of benzene rings is 1. The summed E-state index contributed by atoms with van der Waals surface area (Å²) in [5.41, 5.74) is 0.381. The number of rotatable bonds is 4. The first-order chi connectivity index (χ1) is 9.13. The molecule has 1 aromatic rings. The van der Waals surface area contributed by atoms with Gasteiger partial charge in [-0.05, 0) is 38.1 Å². The Hall–Kier alpha value is -1.55. The Bertz CT molecular complexity index is 448. The summed E-state index contributed by atoms with van der Waals surface area (Å²) in [5.74, 6) is -0.0563. The second-order valence-electron chi connectivity index (χ2n) is 5.13. The average molecular weight is 262 g/mol. The van der Waals surface area contributed by atoms with Gasteiger partial charge in [-0.15, -0.1) is 0 Å². The van der Waals surface area contributed by atoms with Crippen LogP contribution in [0.2, 0.25) is 0 Å². The largest absolute Gasteiger partial charge is 0.507 e. The number of carbonyl (C=O) groups excluding carboxylic acids is 1. The van der Waals surface area contributed by atoms with Crippen LogP contribution in [0.25, 0.3) is 0 Å². The number of likely N-dealkylation sites (N-methyl/N-ethyl adjacent to an activating group) is 2. The Morgan fingerprint density at radius 2 is 2.21 bits per heavy atom. The number of hydrogen-bond donors (Lipinski definition) is 1. The SMILES string of the molecule is CCN1CCCC1CN(C)C(=O)c1ccccc1O. The van der Waals surface area contributed by atoms with Crippen LogP contribution in [0.5, 0.6) is 5.75 Å². The second kappa shape index (κ2) is 6.06. The van der Waals surface area contributed by atoms with Crippen LogP contribution in [0.15, 0.2) is 24.3 Å². The molecule has 2 rings (SSSR count). The predicted molar refractivity (Wildman–Crippen MR) is 75.3 cm³/mol. The van der Waals surface area contributed by atoms with Gasteiger partial charge in [0.25, 0.3) is 5.91 Å². The zero-order valence-corrected chi connectivity index (χ0v) is 11.7. The molecule has 19 heavy (non-hydrogen) atoms. The molecule has 1 aliphatic heterocycles. The molecule has 1 atom stereocenters. The van der Waals surface area contributed by atoms with Crippen molar-refractivity contribution in [1.29, 1.82) is 0 Å². The number of nitrogens with zero attached hydrogens (tertiary/aromatic N) is 2. The molecule has 1 amide bonds. The Morgan fingerprint density at radius 1 is 1.47 bits per heavy atom. The maximum Gasteiger partial charge on any atom is 0.257 e. The number of phenolic OH excluding ortho intramolecular Hbond substituents is 1. The lowest BCUT2D eigenvalue weighted by atomic mass is 10.1. The molecule has 0 spiro atoms. The normalized spacial score (nSPS) is 19.6. The standard InChI is InChI=1S/C15H22N2O2/c1-3-17-10-6-7-12(17)11-16(2)15(19)13-8-4-5-9-14(13)18/h4-5,8-9,12,18H,3,6-7,10-11H2,1-2H3. The van der Waals surface area contributed by atoms with Crippen molar-refractivity contribution in [3.63, 3.8) is 0 Å². The molecule has 0 saturated carbocycles. The summed E-state index contributed by atoms with van der Waals surface area (Å²) in [5, 5.41) is 9.73. The molecular formula is C15H22N2O2. The number of likely N-dealkylation sites (tertiary alicyclic amines) is 1. The van der Waals surface area contributed by atoms with E-state index in [1.165, 1.54) is 6.42 Å². The number of para-hydroxylation sites is 1. The highest BCUT2D eigenvalue weighted by Crippen LogP contribution is 2.20. The third-order valence-corrected chi connectivity index (χ3v) is 3.87. The van der Waals surface area contributed by atoms with Crippen LogP contribution >= 0.6 is 0 Å². The van der Waals surface area contributed by atoms with Gasteiger partial charge >= 0.3 is 0 Å². The van der Waals surface area contributed by atoms with Crippen LogP contribution in [-0.2, 0) is 0 Å². The summed E-state index contributed by atoms with van der Waals surface area (Å²) in [6, 6.07) is 7.16. The van der Waals surface area contributed by atoms with Gasteiger partial charge in [0.1, 0.15) is 5.75 Å². The lowest BCUT2D eigenvalue weighted by molar-refractivity contribution is 0.0751. The molecule has 4 heteroatoms. The number of phenols is 1. The third-order valence-electron chi connectivity index (χ3n) is 3.87. The molecule has 4 nitrogen and oxygen atoms in total. The summed E-state index contributed by atoms with van der Waals surface area (Å²) >= 11 is 0. The van der Waals surface area contributed by atoms with Gasteiger partial charge in [0.05, 0.1) is 5.56 Å². The lowest BCUT2D eigenvalue weighted by Crippen LogP contribution is -2.41. The molecule has 1 fully saturated rings. The molecule has 0 aromatic heterocycles. The molecule has 1 aromatic carbocycles. The molecule has 1 unspecified atom stereocenters. The summed E-state index contributed by atoms with van der Waals surface area (Å²) in [6.07, 6.45) is 2.35. The van der Waals surface area contributed by atoms with E-state index in [9.17, 15) is 9.90 Å². The van der Waals surface area contributed by atoms with Gasteiger partial charge in [0.15, 0.2) is 0 Å². The maximum atomic E-state index is 12.3. The van der Waals surface area contributed by atoms with Gasteiger partial charge in [0, 0.05) is 19.6 Å². The highest BCUT2D eigenvalue weighted by atomic mass is 16.3. The van der Waals surface area contributed by atoms with E-state index < -0.39 is 0 Å².